The molecular weight excluding hydrogens is 302 g/mol. The number of anilines is 1. The van der Waals surface area contributed by atoms with Crippen molar-refractivity contribution in [1.82, 2.24) is 5.43 Å². The highest BCUT2D eigenvalue weighted by atomic mass is 35.5. The molecule has 114 valence electrons. The number of nitrogen functional groups attached to an aromatic ring is 1. The van der Waals surface area contributed by atoms with E-state index in [9.17, 15) is 4.79 Å². The molecule has 1 amide bonds. The number of rotatable bonds is 5. The molecule has 22 heavy (non-hydrogen) atoms. The Kier molecular flexibility index (Phi) is 5.38. The van der Waals surface area contributed by atoms with Crippen LogP contribution in [-0.2, 0) is 0 Å². The van der Waals surface area contributed by atoms with Crippen LogP contribution in [0.3, 0.4) is 0 Å². The van der Waals surface area contributed by atoms with Crippen LogP contribution in [0.1, 0.15) is 22.8 Å². The van der Waals surface area contributed by atoms with Crippen LogP contribution in [0.2, 0.25) is 5.02 Å². The highest BCUT2D eigenvalue weighted by molar-refractivity contribution is 6.30. The minimum absolute atomic E-state index is 0.371. The smallest absolute Gasteiger partial charge is 0.273 e. The van der Waals surface area contributed by atoms with Crippen LogP contribution < -0.4 is 15.9 Å². The lowest BCUT2D eigenvalue weighted by Crippen LogP contribution is -2.19. The SMILES string of the molecule is CCOc1ccc(Cl)cc1/C=N\NC(=O)c1ccccc1N. The Morgan fingerprint density at radius 1 is 1.36 bits per heavy atom. The van der Waals surface area contributed by atoms with Crippen molar-refractivity contribution in [3.63, 3.8) is 0 Å². The molecule has 2 rings (SSSR count). The number of hydrazone groups is 1. The molecule has 6 heteroatoms. The summed E-state index contributed by atoms with van der Waals surface area (Å²) in [5.74, 6) is 0.262. The van der Waals surface area contributed by atoms with E-state index >= 15 is 0 Å². The van der Waals surface area contributed by atoms with Crippen molar-refractivity contribution < 1.29 is 9.53 Å². The van der Waals surface area contributed by atoms with Gasteiger partial charge in [-0.15, -0.1) is 0 Å². The number of para-hydroxylation sites is 1. The van der Waals surface area contributed by atoms with Crippen molar-refractivity contribution in [2.75, 3.05) is 12.3 Å². The third-order valence-electron chi connectivity index (χ3n) is 2.85. The predicted molar refractivity (Wildman–Crippen MR) is 88.5 cm³/mol. The summed E-state index contributed by atoms with van der Waals surface area (Å²) in [6.07, 6.45) is 1.48. The fourth-order valence-corrected chi connectivity index (χ4v) is 2.01. The van der Waals surface area contributed by atoms with Crippen molar-refractivity contribution in [2.24, 2.45) is 5.10 Å². The first-order valence-corrected chi connectivity index (χ1v) is 7.10. The van der Waals surface area contributed by atoms with Crippen LogP contribution in [0, 0.1) is 0 Å². The average Bonchev–Trinajstić information content (AvgIpc) is 2.50. The molecule has 0 aromatic heterocycles. The molecule has 0 aliphatic rings. The summed E-state index contributed by atoms with van der Waals surface area (Å²) in [5.41, 5.74) is 9.61. The molecule has 3 N–H and O–H groups in total. The Morgan fingerprint density at radius 3 is 2.86 bits per heavy atom. The first-order chi connectivity index (χ1) is 10.6. The van der Waals surface area contributed by atoms with E-state index < -0.39 is 0 Å². The lowest BCUT2D eigenvalue weighted by Gasteiger charge is -2.07. The molecule has 5 nitrogen and oxygen atoms in total. The zero-order valence-corrected chi connectivity index (χ0v) is 12.8. The van der Waals surface area contributed by atoms with Gasteiger partial charge in [-0.05, 0) is 37.3 Å². The number of nitrogens with two attached hydrogens (primary N) is 1. The maximum absolute atomic E-state index is 12.0. The number of nitrogens with one attached hydrogen (secondary N) is 1. The van der Waals surface area contributed by atoms with Gasteiger partial charge in [-0.2, -0.15) is 5.10 Å². The minimum atomic E-state index is -0.380. The van der Waals surface area contributed by atoms with Gasteiger partial charge in [-0.25, -0.2) is 5.43 Å². The maximum atomic E-state index is 12.0. The lowest BCUT2D eigenvalue weighted by atomic mass is 10.2. The van der Waals surface area contributed by atoms with E-state index in [4.69, 9.17) is 22.1 Å². The Balaban J connectivity index is 2.11. The van der Waals surface area contributed by atoms with Crippen LogP contribution >= 0.6 is 11.6 Å². The van der Waals surface area contributed by atoms with Gasteiger partial charge in [-0.3, -0.25) is 4.79 Å². The molecule has 2 aromatic carbocycles. The summed E-state index contributed by atoms with van der Waals surface area (Å²) in [6.45, 7) is 2.41. The topological polar surface area (TPSA) is 76.7 Å². The first kappa shape index (κ1) is 15.9. The third kappa shape index (κ3) is 3.99. The molecule has 0 heterocycles. The summed E-state index contributed by atoms with van der Waals surface area (Å²) in [6, 6.07) is 12.0. The van der Waals surface area contributed by atoms with Crippen molar-refractivity contribution in [3.05, 3.63) is 58.6 Å². The second-order valence-corrected chi connectivity index (χ2v) is 4.84. The molecule has 0 radical (unpaired) electrons. The molecule has 0 aliphatic heterocycles. The van der Waals surface area contributed by atoms with Gasteiger partial charge in [0.1, 0.15) is 5.75 Å². The molecule has 2 aromatic rings. The molecular formula is C16H16ClN3O2. The van der Waals surface area contributed by atoms with E-state index in [1.54, 1.807) is 42.5 Å². The van der Waals surface area contributed by atoms with Gasteiger partial charge in [0.05, 0.1) is 18.4 Å². The highest BCUT2D eigenvalue weighted by Crippen LogP contribution is 2.21. The monoisotopic (exact) mass is 317 g/mol. The molecule has 0 spiro atoms. The quantitative estimate of drug-likeness (QED) is 0.505. The van der Waals surface area contributed by atoms with Crippen LogP contribution in [0.4, 0.5) is 5.69 Å². The van der Waals surface area contributed by atoms with Crippen LogP contribution in [0.5, 0.6) is 5.75 Å². The maximum Gasteiger partial charge on any atom is 0.273 e. The summed E-state index contributed by atoms with van der Waals surface area (Å²) in [7, 11) is 0. The van der Waals surface area contributed by atoms with E-state index in [0.29, 0.717) is 34.2 Å². The van der Waals surface area contributed by atoms with Gasteiger partial charge in [0.15, 0.2) is 0 Å². The van der Waals surface area contributed by atoms with Crippen molar-refractivity contribution in [2.45, 2.75) is 6.92 Å². The Labute approximate surface area is 133 Å². The molecule has 0 bridgehead atoms. The van der Waals surface area contributed by atoms with Gasteiger partial charge in [-0.1, -0.05) is 23.7 Å². The van der Waals surface area contributed by atoms with E-state index in [-0.39, 0.29) is 5.91 Å². The number of amides is 1. The van der Waals surface area contributed by atoms with Crippen molar-refractivity contribution in [3.8, 4) is 5.75 Å². The number of carbonyl (C=O) groups is 1. The third-order valence-corrected chi connectivity index (χ3v) is 3.08. The number of hydrogen-bond acceptors (Lipinski definition) is 4. The summed E-state index contributed by atoms with van der Waals surface area (Å²) >= 11 is 5.95. The van der Waals surface area contributed by atoms with Crippen LogP contribution in [0.25, 0.3) is 0 Å². The zero-order valence-electron chi connectivity index (χ0n) is 12.0. The van der Waals surface area contributed by atoms with E-state index in [0.717, 1.165) is 0 Å². The molecule has 0 unspecified atom stereocenters. The Bertz CT molecular complexity index is 702. The van der Waals surface area contributed by atoms with Gasteiger partial charge < -0.3 is 10.5 Å². The minimum Gasteiger partial charge on any atom is -0.493 e. The number of hydrogen-bond donors (Lipinski definition) is 2. The number of benzene rings is 2. The predicted octanol–water partition coefficient (Wildman–Crippen LogP) is 3.08. The van der Waals surface area contributed by atoms with Crippen LogP contribution in [0.15, 0.2) is 47.6 Å². The fourth-order valence-electron chi connectivity index (χ4n) is 1.83. The number of halogens is 1. The number of carbonyl (C=O) groups excluding carboxylic acids is 1. The van der Waals surface area contributed by atoms with Crippen molar-refractivity contribution >= 4 is 29.4 Å². The number of nitrogens with zero attached hydrogens (tertiary/aromatic N) is 1. The summed E-state index contributed by atoms with van der Waals surface area (Å²) < 4.78 is 5.47. The zero-order chi connectivity index (χ0) is 15.9. The Hall–Kier alpha value is -2.53. The fraction of sp³-hybridized carbons (Fsp3) is 0.125. The molecule has 0 aliphatic carbocycles. The highest BCUT2D eigenvalue weighted by Gasteiger charge is 2.07. The van der Waals surface area contributed by atoms with Crippen LogP contribution in [-0.4, -0.2) is 18.7 Å². The second kappa shape index (κ2) is 7.47. The van der Waals surface area contributed by atoms with Gasteiger partial charge in [0.2, 0.25) is 0 Å². The van der Waals surface area contributed by atoms with E-state index in [2.05, 4.69) is 10.5 Å². The number of ether oxygens (including phenoxy) is 1. The molecule has 0 saturated carbocycles. The van der Waals surface area contributed by atoms with Gasteiger partial charge in [0, 0.05) is 16.3 Å². The second-order valence-electron chi connectivity index (χ2n) is 4.40. The Morgan fingerprint density at radius 2 is 2.14 bits per heavy atom. The summed E-state index contributed by atoms with van der Waals surface area (Å²) in [4.78, 5) is 12.0. The first-order valence-electron chi connectivity index (χ1n) is 6.72. The largest absolute Gasteiger partial charge is 0.493 e. The molecule has 0 saturated heterocycles. The normalized spacial score (nSPS) is 10.6. The summed E-state index contributed by atoms with van der Waals surface area (Å²) in [5, 5.41) is 4.48. The standard InChI is InChI=1S/C16H16ClN3O2/c1-2-22-15-8-7-12(17)9-11(15)10-19-20-16(21)13-5-3-4-6-14(13)18/h3-10H,2,18H2,1H3,(H,20,21)/b19-10-. The van der Waals surface area contributed by atoms with E-state index in [1.165, 1.54) is 6.21 Å². The van der Waals surface area contributed by atoms with Gasteiger partial charge >= 0.3 is 0 Å². The van der Waals surface area contributed by atoms with Crippen molar-refractivity contribution in [1.29, 1.82) is 0 Å². The van der Waals surface area contributed by atoms with Gasteiger partial charge in [0.25, 0.3) is 5.91 Å². The molecule has 0 atom stereocenters. The molecule has 0 fully saturated rings. The van der Waals surface area contributed by atoms with E-state index in [1.807, 2.05) is 6.92 Å². The average molecular weight is 318 g/mol. The lowest BCUT2D eigenvalue weighted by molar-refractivity contribution is 0.0956.